The van der Waals surface area contributed by atoms with Crippen LogP contribution in [0.15, 0.2) is 0 Å². The minimum absolute atomic E-state index is 0.103. The van der Waals surface area contributed by atoms with Gasteiger partial charge in [-0.1, -0.05) is 298 Å². The molecule has 19 heteroatoms. The van der Waals surface area contributed by atoms with E-state index in [4.69, 9.17) is 37.0 Å². The number of carbonyl (C=O) groups is 4. The van der Waals surface area contributed by atoms with Crippen molar-refractivity contribution in [1.29, 1.82) is 0 Å². The number of hydrogen-bond donors (Lipinski definition) is 3. The Morgan fingerprint density at radius 2 is 0.580 bits per heavy atom. The van der Waals surface area contributed by atoms with Crippen molar-refractivity contribution in [3.05, 3.63) is 0 Å². The lowest BCUT2D eigenvalue weighted by Crippen LogP contribution is -2.30. The van der Waals surface area contributed by atoms with Crippen molar-refractivity contribution in [3.63, 3.8) is 0 Å². The van der Waals surface area contributed by atoms with Crippen LogP contribution in [0.25, 0.3) is 0 Å². The molecular weight excluding hydrogens is 1160 g/mol. The summed E-state index contributed by atoms with van der Waals surface area (Å²) in [6.07, 6.45) is 46.2. The first-order valence-electron chi connectivity index (χ1n) is 36.0. The number of hydrogen-bond acceptors (Lipinski definition) is 15. The Bertz CT molecular complexity index is 1720. The van der Waals surface area contributed by atoms with E-state index in [1.807, 2.05) is 0 Å². The van der Waals surface area contributed by atoms with Crippen LogP contribution in [-0.4, -0.2) is 96.7 Å². The number of rotatable bonds is 68. The molecule has 6 atom stereocenters. The van der Waals surface area contributed by atoms with Crippen molar-refractivity contribution in [1.82, 2.24) is 0 Å². The quantitative estimate of drug-likeness (QED) is 0.0222. The van der Waals surface area contributed by atoms with E-state index in [0.717, 1.165) is 115 Å². The number of phosphoric ester groups is 2. The van der Waals surface area contributed by atoms with E-state index in [9.17, 15) is 43.2 Å². The molecule has 522 valence electrons. The number of carbonyl (C=O) groups excluding carboxylic acids is 4. The van der Waals surface area contributed by atoms with Crippen LogP contribution in [0.4, 0.5) is 0 Å². The molecule has 0 aromatic carbocycles. The van der Waals surface area contributed by atoms with Crippen LogP contribution >= 0.6 is 15.6 Å². The predicted molar refractivity (Wildman–Crippen MR) is 354 cm³/mol. The molecule has 0 saturated carbocycles. The summed E-state index contributed by atoms with van der Waals surface area (Å²) >= 11 is 0. The Labute approximate surface area is 537 Å². The lowest BCUT2D eigenvalue weighted by atomic mass is 10.00. The van der Waals surface area contributed by atoms with Gasteiger partial charge in [0.15, 0.2) is 12.2 Å². The molecule has 0 bridgehead atoms. The van der Waals surface area contributed by atoms with E-state index < -0.39 is 97.5 Å². The highest BCUT2D eigenvalue weighted by Gasteiger charge is 2.30. The van der Waals surface area contributed by atoms with Gasteiger partial charge < -0.3 is 33.8 Å². The summed E-state index contributed by atoms with van der Waals surface area (Å²) in [6.45, 7) is 9.41. The highest BCUT2D eigenvalue weighted by Crippen LogP contribution is 2.45. The van der Waals surface area contributed by atoms with Gasteiger partial charge in [-0.15, -0.1) is 0 Å². The van der Waals surface area contributed by atoms with Gasteiger partial charge in [0.05, 0.1) is 26.4 Å². The average molecular weight is 1300 g/mol. The van der Waals surface area contributed by atoms with Gasteiger partial charge in [-0.2, -0.15) is 0 Å². The van der Waals surface area contributed by atoms with E-state index in [2.05, 4.69) is 41.5 Å². The van der Waals surface area contributed by atoms with Gasteiger partial charge >= 0.3 is 39.5 Å². The maximum atomic E-state index is 13.0. The van der Waals surface area contributed by atoms with Crippen LogP contribution in [0, 0.1) is 11.8 Å². The summed E-state index contributed by atoms with van der Waals surface area (Å²) in [7, 11) is -9.89. The molecule has 0 amide bonds. The summed E-state index contributed by atoms with van der Waals surface area (Å²) in [5.41, 5.74) is 0. The molecular formula is C69H134O17P2. The molecule has 0 aromatic rings. The lowest BCUT2D eigenvalue weighted by molar-refractivity contribution is -0.161. The Hall–Kier alpha value is -1.94. The third-order valence-corrected chi connectivity index (χ3v) is 18.2. The largest absolute Gasteiger partial charge is 0.472 e. The second-order valence-corrected chi connectivity index (χ2v) is 28.5. The Kier molecular flexibility index (Phi) is 59.9. The maximum Gasteiger partial charge on any atom is 0.472 e. The van der Waals surface area contributed by atoms with E-state index in [-0.39, 0.29) is 25.7 Å². The van der Waals surface area contributed by atoms with Gasteiger partial charge in [-0.25, -0.2) is 9.13 Å². The second-order valence-electron chi connectivity index (χ2n) is 25.6. The summed E-state index contributed by atoms with van der Waals surface area (Å²) in [4.78, 5) is 72.3. The number of aliphatic hydroxyl groups is 1. The summed E-state index contributed by atoms with van der Waals surface area (Å²) in [5, 5.41) is 10.6. The molecule has 17 nitrogen and oxygen atoms in total. The number of phosphoric acid groups is 2. The molecule has 0 fully saturated rings. The highest BCUT2D eigenvalue weighted by molar-refractivity contribution is 7.47. The van der Waals surface area contributed by atoms with Crippen molar-refractivity contribution in [2.45, 2.75) is 368 Å². The molecule has 3 N–H and O–H groups in total. The molecule has 3 unspecified atom stereocenters. The van der Waals surface area contributed by atoms with Gasteiger partial charge in [-0.3, -0.25) is 37.3 Å². The van der Waals surface area contributed by atoms with Crippen LogP contribution in [0.5, 0.6) is 0 Å². The second kappa shape index (κ2) is 61.3. The zero-order valence-electron chi connectivity index (χ0n) is 57.0. The summed E-state index contributed by atoms with van der Waals surface area (Å²) in [5.74, 6) is -0.688. The van der Waals surface area contributed by atoms with E-state index in [0.29, 0.717) is 25.7 Å². The lowest BCUT2D eigenvalue weighted by Gasteiger charge is -2.21. The third kappa shape index (κ3) is 61.6. The maximum absolute atomic E-state index is 13.0. The van der Waals surface area contributed by atoms with Crippen LogP contribution < -0.4 is 0 Å². The van der Waals surface area contributed by atoms with Gasteiger partial charge in [0, 0.05) is 25.7 Å². The number of ether oxygens (including phenoxy) is 4. The minimum atomic E-state index is -4.95. The Morgan fingerprint density at radius 3 is 0.864 bits per heavy atom. The van der Waals surface area contributed by atoms with E-state index >= 15 is 0 Å². The molecule has 0 radical (unpaired) electrons. The molecule has 0 saturated heterocycles. The number of esters is 4. The highest BCUT2D eigenvalue weighted by atomic mass is 31.2. The molecule has 88 heavy (non-hydrogen) atoms. The summed E-state index contributed by atoms with van der Waals surface area (Å²) < 4.78 is 68.1. The molecule has 0 rings (SSSR count). The van der Waals surface area contributed by atoms with Crippen molar-refractivity contribution >= 4 is 39.5 Å². The van der Waals surface area contributed by atoms with Crippen molar-refractivity contribution in [3.8, 4) is 0 Å². The Balaban J connectivity index is 5.15. The van der Waals surface area contributed by atoms with E-state index in [1.165, 1.54) is 154 Å². The monoisotopic (exact) mass is 1300 g/mol. The first-order chi connectivity index (χ1) is 42.4. The van der Waals surface area contributed by atoms with Crippen molar-refractivity contribution in [2.75, 3.05) is 39.6 Å². The van der Waals surface area contributed by atoms with Gasteiger partial charge in [-0.05, 0) is 37.5 Å². The minimum Gasteiger partial charge on any atom is -0.462 e. The SMILES string of the molecule is CCCCCCCCCCCCCCCCCCCCCCC(=O)O[C@H](COC(=O)CCCCCCCCCCC(C)C)COP(=O)(O)OC[C@@H](O)COP(=O)(O)OC[C@@H](COC(=O)CCCCCCCCC)OC(=O)CCCCCCCCC(C)CC. The fraction of sp³-hybridized carbons (Fsp3) is 0.942. The fourth-order valence-corrected chi connectivity index (χ4v) is 12.0. The predicted octanol–water partition coefficient (Wildman–Crippen LogP) is 19.6. The van der Waals surface area contributed by atoms with Crippen molar-refractivity contribution in [2.24, 2.45) is 11.8 Å². The number of unbranched alkanes of at least 4 members (excludes halogenated alkanes) is 37. The normalized spacial score (nSPS) is 14.5. The van der Waals surface area contributed by atoms with E-state index in [1.54, 1.807) is 0 Å². The smallest absolute Gasteiger partial charge is 0.462 e. The van der Waals surface area contributed by atoms with Gasteiger partial charge in [0.25, 0.3) is 0 Å². The molecule has 0 spiro atoms. The standard InChI is InChI=1S/C69H134O17P2/c1-7-10-12-14-16-17-18-19-20-21-22-23-24-25-26-27-28-34-41-47-53-68(73)85-64(58-80-67(72)52-46-40-33-30-29-32-37-43-49-61(4)5)59-83-87(75,76)81-55-63(70)56-82-88(77,78)84-60-65(57-79-66(71)51-45-39-31-15-13-11-8-2)86-69(74)54-48-42-36-35-38-44-50-62(6)9-3/h61-65,70H,7-60H2,1-6H3,(H,75,76)(H,77,78)/t62?,63-,64-,65-/m1/s1. The van der Waals surface area contributed by atoms with Gasteiger partial charge in [0.1, 0.15) is 19.3 Å². The number of aliphatic hydroxyl groups excluding tert-OH is 1. The first-order valence-corrected chi connectivity index (χ1v) is 39.0. The van der Waals surface area contributed by atoms with Crippen LogP contribution in [-0.2, 0) is 65.4 Å². The van der Waals surface area contributed by atoms with Gasteiger partial charge in [0.2, 0.25) is 0 Å². The van der Waals surface area contributed by atoms with Crippen LogP contribution in [0.1, 0.15) is 350 Å². The van der Waals surface area contributed by atoms with Crippen LogP contribution in [0.2, 0.25) is 0 Å². The zero-order chi connectivity index (χ0) is 65.0. The molecule has 0 aliphatic rings. The molecule has 0 aromatic heterocycles. The van der Waals surface area contributed by atoms with Crippen LogP contribution in [0.3, 0.4) is 0 Å². The van der Waals surface area contributed by atoms with Crippen molar-refractivity contribution < 1.29 is 80.2 Å². The topological polar surface area (TPSA) is 237 Å². The molecule has 0 aliphatic carbocycles. The zero-order valence-corrected chi connectivity index (χ0v) is 58.8. The summed E-state index contributed by atoms with van der Waals surface area (Å²) in [6, 6.07) is 0. The average Bonchev–Trinajstić information content (AvgIpc) is 3.67. The molecule has 0 heterocycles. The Morgan fingerprint density at radius 1 is 0.330 bits per heavy atom. The molecule has 0 aliphatic heterocycles. The fourth-order valence-electron chi connectivity index (χ4n) is 10.4. The first kappa shape index (κ1) is 86.1. The third-order valence-electron chi connectivity index (χ3n) is 16.3.